The summed E-state index contributed by atoms with van der Waals surface area (Å²) in [6.07, 6.45) is -4.48. The topological polar surface area (TPSA) is 34.1 Å². The number of hydrogen-bond acceptors (Lipinski definition) is 3. The fourth-order valence-corrected chi connectivity index (χ4v) is 1.67. The maximum Gasteiger partial charge on any atom is 0.433 e. The molecule has 0 saturated carbocycles. The van der Waals surface area contributed by atoms with Crippen molar-refractivity contribution in [1.29, 1.82) is 0 Å². The minimum absolute atomic E-state index is 0.0820. The zero-order chi connectivity index (χ0) is 14.6. The van der Waals surface area contributed by atoms with Crippen molar-refractivity contribution in [3.8, 4) is 11.6 Å². The number of alkyl halides is 3. The van der Waals surface area contributed by atoms with E-state index in [0.29, 0.717) is 12.3 Å². The van der Waals surface area contributed by atoms with E-state index in [2.05, 4.69) is 10.3 Å². The van der Waals surface area contributed by atoms with Gasteiger partial charge in [-0.05, 0) is 30.8 Å². The molecule has 3 nitrogen and oxygen atoms in total. The Labute approximate surface area is 114 Å². The van der Waals surface area contributed by atoms with Crippen molar-refractivity contribution < 1.29 is 17.9 Å². The van der Waals surface area contributed by atoms with Crippen molar-refractivity contribution >= 4 is 0 Å². The van der Waals surface area contributed by atoms with E-state index < -0.39 is 11.9 Å². The number of ether oxygens (including phenoxy) is 1. The van der Waals surface area contributed by atoms with Crippen LogP contribution in [-0.4, -0.2) is 12.0 Å². The lowest BCUT2D eigenvalue weighted by Gasteiger charge is -2.09. The third kappa shape index (κ3) is 3.71. The van der Waals surface area contributed by atoms with E-state index in [1.54, 1.807) is 18.2 Å². The van der Waals surface area contributed by atoms with Crippen LogP contribution in [0.25, 0.3) is 0 Å². The summed E-state index contributed by atoms with van der Waals surface area (Å²) in [4.78, 5) is 3.45. The number of halogens is 3. The molecule has 0 fully saturated rings. The molecule has 0 spiro atoms. The second-order valence-electron chi connectivity index (χ2n) is 4.14. The van der Waals surface area contributed by atoms with Crippen molar-refractivity contribution in [3.63, 3.8) is 0 Å². The molecule has 0 amide bonds. The van der Waals surface area contributed by atoms with Crippen LogP contribution in [0, 0.1) is 0 Å². The molecule has 0 aliphatic heterocycles. The predicted octanol–water partition coefficient (Wildman–Crippen LogP) is 3.61. The Bertz CT molecular complexity index is 585. The van der Waals surface area contributed by atoms with Gasteiger partial charge < -0.3 is 10.1 Å². The molecule has 0 radical (unpaired) electrons. The maximum absolute atomic E-state index is 12.5. The zero-order valence-corrected chi connectivity index (χ0v) is 10.7. The van der Waals surface area contributed by atoms with Gasteiger partial charge in [-0.25, -0.2) is 4.98 Å². The Morgan fingerprint density at radius 2 is 1.90 bits per heavy atom. The molecule has 6 heteroatoms. The molecule has 1 N–H and O–H groups in total. The molecule has 0 bridgehead atoms. The molecule has 0 atom stereocenters. The van der Waals surface area contributed by atoms with E-state index in [0.717, 1.165) is 11.6 Å². The van der Waals surface area contributed by atoms with Gasteiger partial charge in [0, 0.05) is 12.6 Å². The summed E-state index contributed by atoms with van der Waals surface area (Å²) < 4.78 is 43.0. The van der Waals surface area contributed by atoms with Gasteiger partial charge in [0.05, 0.1) is 0 Å². The highest BCUT2D eigenvalue weighted by Gasteiger charge is 2.32. The molecular formula is C14H13F3N2O. The largest absolute Gasteiger partial charge is 0.439 e. The number of pyridine rings is 1. The molecule has 1 aromatic carbocycles. The van der Waals surface area contributed by atoms with Gasteiger partial charge in [0.15, 0.2) is 0 Å². The first-order valence-electron chi connectivity index (χ1n) is 5.94. The van der Waals surface area contributed by atoms with E-state index in [9.17, 15) is 13.2 Å². The van der Waals surface area contributed by atoms with Gasteiger partial charge in [-0.1, -0.05) is 18.2 Å². The highest BCUT2D eigenvalue weighted by molar-refractivity contribution is 5.32. The average molecular weight is 282 g/mol. The highest BCUT2D eigenvalue weighted by Crippen LogP contribution is 2.29. The smallest absolute Gasteiger partial charge is 0.433 e. The normalized spacial score (nSPS) is 11.4. The van der Waals surface area contributed by atoms with Gasteiger partial charge in [0.25, 0.3) is 0 Å². The predicted molar refractivity (Wildman–Crippen MR) is 68.5 cm³/mol. The Morgan fingerprint density at radius 1 is 1.15 bits per heavy atom. The lowest BCUT2D eigenvalue weighted by atomic mass is 10.2. The van der Waals surface area contributed by atoms with Crippen LogP contribution in [0.4, 0.5) is 13.2 Å². The van der Waals surface area contributed by atoms with Crippen LogP contribution in [0.2, 0.25) is 0 Å². The lowest BCUT2D eigenvalue weighted by molar-refractivity contribution is -0.141. The van der Waals surface area contributed by atoms with E-state index >= 15 is 0 Å². The average Bonchev–Trinajstić information content (AvgIpc) is 2.39. The monoisotopic (exact) mass is 282 g/mol. The van der Waals surface area contributed by atoms with Gasteiger partial charge in [-0.15, -0.1) is 0 Å². The SMILES string of the molecule is CNCc1cccc(Oc2cccc(C(F)(F)F)n2)c1. The summed E-state index contributed by atoms with van der Waals surface area (Å²) in [5, 5.41) is 2.98. The number of nitrogens with zero attached hydrogens (tertiary/aromatic N) is 1. The molecule has 20 heavy (non-hydrogen) atoms. The highest BCUT2D eigenvalue weighted by atomic mass is 19.4. The third-order valence-electron chi connectivity index (χ3n) is 2.52. The number of rotatable bonds is 4. The van der Waals surface area contributed by atoms with Crippen LogP contribution in [0.1, 0.15) is 11.3 Å². The second kappa shape index (κ2) is 5.92. The summed E-state index contributed by atoms with van der Waals surface area (Å²) in [7, 11) is 1.81. The van der Waals surface area contributed by atoms with Crippen LogP contribution in [0.5, 0.6) is 11.6 Å². The van der Waals surface area contributed by atoms with Crippen molar-refractivity contribution in [2.24, 2.45) is 0 Å². The lowest BCUT2D eigenvalue weighted by Crippen LogP contribution is -2.08. The van der Waals surface area contributed by atoms with Gasteiger partial charge in [0.2, 0.25) is 5.88 Å². The Kier molecular flexibility index (Phi) is 4.24. The number of nitrogens with one attached hydrogen (secondary N) is 1. The molecule has 0 saturated heterocycles. The van der Waals surface area contributed by atoms with Crippen LogP contribution < -0.4 is 10.1 Å². The summed E-state index contributed by atoms with van der Waals surface area (Å²) in [5.74, 6) is 0.367. The van der Waals surface area contributed by atoms with Crippen molar-refractivity contribution in [2.45, 2.75) is 12.7 Å². The molecule has 1 heterocycles. The first-order chi connectivity index (χ1) is 9.49. The van der Waals surface area contributed by atoms with E-state index in [-0.39, 0.29) is 5.88 Å². The molecule has 0 aliphatic carbocycles. The minimum Gasteiger partial charge on any atom is -0.439 e. The molecule has 2 rings (SSSR count). The molecular weight excluding hydrogens is 269 g/mol. The molecule has 0 unspecified atom stereocenters. The minimum atomic E-state index is -4.48. The number of aromatic nitrogens is 1. The van der Waals surface area contributed by atoms with Crippen LogP contribution in [0.3, 0.4) is 0 Å². The summed E-state index contributed by atoms with van der Waals surface area (Å²) >= 11 is 0. The molecule has 2 aromatic rings. The van der Waals surface area contributed by atoms with Crippen LogP contribution in [0.15, 0.2) is 42.5 Å². The molecule has 1 aromatic heterocycles. The Balaban J connectivity index is 2.19. The van der Waals surface area contributed by atoms with Gasteiger partial charge in [0.1, 0.15) is 11.4 Å². The van der Waals surface area contributed by atoms with Gasteiger partial charge >= 0.3 is 6.18 Å². The summed E-state index contributed by atoms with van der Waals surface area (Å²) in [6, 6.07) is 10.6. The van der Waals surface area contributed by atoms with E-state index in [1.165, 1.54) is 12.1 Å². The van der Waals surface area contributed by atoms with Crippen LogP contribution >= 0.6 is 0 Å². The third-order valence-corrected chi connectivity index (χ3v) is 2.52. The van der Waals surface area contributed by atoms with Gasteiger partial charge in [-0.3, -0.25) is 0 Å². The summed E-state index contributed by atoms with van der Waals surface area (Å²) in [6.45, 7) is 0.646. The van der Waals surface area contributed by atoms with Gasteiger partial charge in [-0.2, -0.15) is 13.2 Å². The number of benzene rings is 1. The van der Waals surface area contributed by atoms with Crippen LogP contribution in [-0.2, 0) is 12.7 Å². The van der Waals surface area contributed by atoms with Crippen molar-refractivity contribution in [2.75, 3.05) is 7.05 Å². The van der Waals surface area contributed by atoms with E-state index in [4.69, 9.17) is 4.74 Å². The molecule has 106 valence electrons. The molecule has 0 aliphatic rings. The second-order valence-corrected chi connectivity index (χ2v) is 4.14. The standard InChI is InChI=1S/C14H13F3N2O/c1-18-9-10-4-2-5-11(8-10)20-13-7-3-6-12(19-13)14(15,16)17/h2-8,18H,9H2,1H3. The van der Waals surface area contributed by atoms with Crippen molar-refractivity contribution in [3.05, 3.63) is 53.7 Å². The Morgan fingerprint density at radius 3 is 2.60 bits per heavy atom. The van der Waals surface area contributed by atoms with E-state index in [1.807, 2.05) is 13.1 Å². The first kappa shape index (κ1) is 14.3. The maximum atomic E-state index is 12.5. The van der Waals surface area contributed by atoms with Crippen molar-refractivity contribution in [1.82, 2.24) is 10.3 Å². The quantitative estimate of drug-likeness (QED) is 0.930. The summed E-state index contributed by atoms with van der Waals surface area (Å²) in [5.41, 5.74) is -0.00152. The fourth-order valence-electron chi connectivity index (χ4n) is 1.67. The number of hydrogen-bond donors (Lipinski definition) is 1. The zero-order valence-electron chi connectivity index (χ0n) is 10.7. The fraction of sp³-hybridized carbons (Fsp3) is 0.214. The first-order valence-corrected chi connectivity index (χ1v) is 5.94. The Hall–Kier alpha value is -2.08.